The van der Waals surface area contributed by atoms with Gasteiger partial charge in [0.15, 0.2) is 12.6 Å². The number of aldehydes is 2. The number of anilines is 1. The Morgan fingerprint density at radius 2 is 1.60 bits per heavy atom. The molecular weight excluding hydrogens is 916 g/mol. The number of pyridine rings is 1. The molecule has 3 unspecified atom stereocenters. The number of hydrogen-bond donors (Lipinski definition) is 1. The van der Waals surface area contributed by atoms with Crippen LogP contribution >= 0.6 is 0 Å². The SMILES string of the molecule is C=CC(CCC(C)=O)N(C)C.CC.CC.CCC(C)C.Cc1cc(C2=CNC(OC3CC(OCCCCCCN4CCN(c5ccc(C=O)c(C=O)c5)CC4C(F)(F)F)C3)C=C2)ccc1-c1cnccc1C. The number of dihydropyridines is 1. The minimum atomic E-state index is -4.37. The predicted molar refractivity (Wildman–Crippen MR) is 292 cm³/mol. The van der Waals surface area contributed by atoms with Crippen LogP contribution in [0.25, 0.3) is 16.7 Å². The highest BCUT2D eigenvalue weighted by Crippen LogP contribution is 2.33. The molecule has 3 atom stereocenters. The molecule has 2 fully saturated rings. The van der Waals surface area contributed by atoms with Crippen molar-refractivity contribution in [2.24, 2.45) is 5.92 Å². The first-order valence-corrected chi connectivity index (χ1v) is 26.3. The van der Waals surface area contributed by atoms with E-state index in [4.69, 9.17) is 9.47 Å². The van der Waals surface area contributed by atoms with Gasteiger partial charge in [-0.2, -0.15) is 13.2 Å². The van der Waals surface area contributed by atoms with Crippen LogP contribution in [-0.4, -0.2) is 117 Å². The monoisotopic (exact) mass is 1000 g/mol. The molecule has 0 amide bonds. The molecule has 1 aliphatic carbocycles. The van der Waals surface area contributed by atoms with Crippen molar-refractivity contribution in [3.05, 3.63) is 114 Å². The molecule has 1 saturated heterocycles. The molecule has 0 spiro atoms. The zero-order chi connectivity index (χ0) is 53.8. The van der Waals surface area contributed by atoms with Crippen LogP contribution in [0.5, 0.6) is 0 Å². The van der Waals surface area contributed by atoms with Gasteiger partial charge in [0.25, 0.3) is 0 Å². The van der Waals surface area contributed by atoms with E-state index in [0.29, 0.717) is 56.8 Å². The Balaban J connectivity index is 0.000000755. The maximum absolute atomic E-state index is 14.0. The van der Waals surface area contributed by atoms with Crippen molar-refractivity contribution < 1.29 is 37.0 Å². The summed E-state index contributed by atoms with van der Waals surface area (Å²) in [6.07, 6.45) is 16.5. The van der Waals surface area contributed by atoms with Gasteiger partial charge in [-0.05, 0) is 125 Å². The number of hydrogen-bond acceptors (Lipinski definition) is 10. The third-order valence-electron chi connectivity index (χ3n) is 12.9. The van der Waals surface area contributed by atoms with Gasteiger partial charge in [-0.3, -0.25) is 19.5 Å². The van der Waals surface area contributed by atoms with Crippen molar-refractivity contribution in [1.29, 1.82) is 0 Å². The summed E-state index contributed by atoms with van der Waals surface area (Å²) in [5.74, 6) is 1.13. The summed E-state index contributed by atoms with van der Waals surface area (Å²) in [6.45, 7) is 25.7. The van der Waals surface area contributed by atoms with E-state index >= 15 is 0 Å². The number of nitrogens with zero attached hydrogens (tertiary/aromatic N) is 4. The Bertz CT molecular complexity index is 2130. The van der Waals surface area contributed by atoms with Gasteiger partial charge >= 0.3 is 6.18 Å². The lowest BCUT2D eigenvalue weighted by atomic mass is 9.91. The third kappa shape index (κ3) is 21.3. The number of rotatable bonds is 21. The zero-order valence-corrected chi connectivity index (χ0v) is 45.7. The summed E-state index contributed by atoms with van der Waals surface area (Å²) in [4.78, 5) is 42.6. The van der Waals surface area contributed by atoms with E-state index in [0.717, 1.165) is 61.1 Å². The van der Waals surface area contributed by atoms with Gasteiger partial charge in [0.1, 0.15) is 18.1 Å². The van der Waals surface area contributed by atoms with E-state index in [-0.39, 0.29) is 48.4 Å². The highest BCUT2D eigenvalue weighted by atomic mass is 19.4. The fraction of sp³-hybridized carbons (Fsp3) is 0.559. The van der Waals surface area contributed by atoms with Gasteiger partial charge in [0.2, 0.25) is 0 Å². The first-order chi connectivity index (χ1) is 34.5. The number of piperazine rings is 1. The van der Waals surface area contributed by atoms with Gasteiger partial charge < -0.3 is 29.4 Å². The molecule has 1 saturated carbocycles. The topological polar surface area (TPSA) is 104 Å². The van der Waals surface area contributed by atoms with E-state index in [9.17, 15) is 27.6 Å². The molecule has 13 heteroatoms. The highest BCUT2D eigenvalue weighted by Gasteiger charge is 2.46. The number of alkyl halides is 3. The fourth-order valence-electron chi connectivity index (χ4n) is 8.15. The molecule has 1 aromatic heterocycles. The molecule has 72 heavy (non-hydrogen) atoms. The van der Waals surface area contributed by atoms with Gasteiger partial charge in [-0.1, -0.05) is 98.1 Å². The minimum absolute atomic E-state index is 0.135. The number of ether oxygens (including phenoxy) is 2. The molecular formula is C59H88F3N5O5. The normalized spacial score (nSPS) is 18.7. The van der Waals surface area contributed by atoms with Gasteiger partial charge in [0.05, 0.1) is 12.2 Å². The third-order valence-corrected chi connectivity index (χ3v) is 12.9. The molecule has 3 aromatic rings. The number of halogens is 3. The molecule has 2 aromatic carbocycles. The average Bonchev–Trinajstić information content (AvgIpc) is 3.36. The molecule has 400 valence electrons. The van der Waals surface area contributed by atoms with Crippen molar-refractivity contribution in [3.8, 4) is 11.1 Å². The van der Waals surface area contributed by atoms with Gasteiger partial charge in [-0.15, -0.1) is 6.58 Å². The molecule has 6 rings (SSSR count). The maximum atomic E-state index is 14.0. The number of likely N-dealkylation sites (N-methyl/N-ethyl adjacent to an activating group) is 1. The number of unbranched alkanes of at least 4 members (excludes halogenated alkanes) is 3. The number of aryl methyl sites for hydroxylation is 2. The summed E-state index contributed by atoms with van der Waals surface area (Å²) in [7, 11) is 3.99. The first kappa shape index (κ1) is 63.2. The Hall–Kier alpha value is -4.95. The van der Waals surface area contributed by atoms with E-state index in [1.165, 1.54) is 40.1 Å². The number of Topliss-reactive ketones (excluding diaryl/α,β-unsaturated/α-hetero) is 1. The molecule has 10 nitrogen and oxygen atoms in total. The van der Waals surface area contributed by atoms with Crippen molar-refractivity contribution in [1.82, 2.24) is 20.1 Å². The standard InChI is InChI=1S/C41H47F3N4O4.C9H17NO.C5H12.2C2H6/c1-28-13-14-45-24-38(28)37-11-8-30(19-29(37)2)31-9-12-40(46-23-31)52-36-21-35(22-36)51-18-6-4-3-5-15-47-16-17-48(25-39(47)41(42,43)44)34-10-7-32(26-49)33(20-34)27-50;1-5-9(10(3)4)7-6-8(2)11;1-4-5(2)3;2*1-2/h7-14,19-20,23-24,26-27,35-36,39-40,46H,3-6,15-18,21-22,25H2,1-2H3;5,9H,1,6-7H2,2-4H3;5H,4H2,1-3H3;2*1-2H3. The van der Waals surface area contributed by atoms with E-state index in [1.54, 1.807) is 17.9 Å². The number of nitrogens with one attached hydrogen (secondary N) is 1. The number of aromatic nitrogens is 1. The van der Waals surface area contributed by atoms with Crippen molar-refractivity contribution >= 4 is 29.6 Å². The predicted octanol–water partition coefficient (Wildman–Crippen LogP) is 13.3. The number of allylic oxidation sites excluding steroid dienone is 2. The molecule has 0 radical (unpaired) electrons. The van der Waals surface area contributed by atoms with Crippen molar-refractivity contribution in [3.63, 3.8) is 0 Å². The second-order valence-electron chi connectivity index (χ2n) is 18.8. The van der Waals surface area contributed by atoms with E-state index in [1.807, 2.05) is 78.6 Å². The second kappa shape index (κ2) is 33.7. The smallest absolute Gasteiger partial charge is 0.378 e. The van der Waals surface area contributed by atoms with Crippen LogP contribution in [0, 0.1) is 19.8 Å². The Kier molecular flexibility index (Phi) is 29.6. The number of carbonyl (C=O) groups excluding carboxylic acids is 3. The summed E-state index contributed by atoms with van der Waals surface area (Å²) >= 11 is 0. The lowest BCUT2D eigenvalue weighted by molar-refractivity contribution is -0.184. The highest BCUT2D eigenvalue weighted by molar-refractivity contribution is 5.91. The summed E-state index contributed by atoms with van der Waals surface area (Å²) in [5, 5.41) is 3.37. The molecule has 3 aliphatic rings. The number of benzene rings is 2. The summed E-state index contributed by atoms with van der Waals surface area (Å²) < 4.78 is 54.4. The molecule has 3 heterocycles. The first-order valence-electron chi connectivity index (χ1n) is 26.3. The summed E-state index contributed by atoms with van der Waals surface area (Å²) in [6, 6.07) is 11.8. The van der Waals surface area contributed by atoms with Gasteiger partial charge in [-0.25, -0.2) is 0 Å². The van der Waals surface area contributed by atoms with Crippen LogP contribution in [0.3, 0.4) is 0 Å². The van der Waals surface area contributed by atoms with Crippen molar-refractivity contribution in [2.75, 3.05) is 51.8 Å². The van der Waals surface area contributed by atoms with Crippen LogP contribution in [0.2, 0.25) is 0 Å². The number of carbonyl (C=O) groups is 3. The van der Waals surface area contributed by atoms with Crippen LogP contribution in [-0.2, 0) is 14.3 Å². The van der Waals surface area contributed by atoms with Crippen LogP contribution in [0.4, 0.5) is 18.9 Å². The lowest BCUT2D eigenvalue weighted by Gasteiger charge is -2.43. The Morgan fingerprint density at radius 1 is 0.917 bits per heavy atom. The van der Waals surface area contributed by atoms with Gasteiger partial charge in [0, 0.05) is 92.5 Å². The van der Waals surface area contributed by atoms with Crippen LogP contribution in [0.15, 0.2) is 85.9 Å². The zero-order valence-electron chi connectivity index (χ0n) is 45.7. The van der Waals surface area contributed by atoms with E-state index < -0.39 is 12.2 Å². The van der Waals surface area contributed by atoms with Crippen molar-refractivity contribution in [2.45, 2.75) is 164 Å². The lowest BCUT2D eigenvalue weighted by Crippen LogP contribution is -2.59. The average molecular weight is 1000 g/mol. The number of ketones is 1. The Labute approximate surface area is 431 Å². The molecule has 1 N–H and O–H groups in total. The maximum Gasteiger partial charge on any atom is 0.405 e. The quantitative estimate of drug-likeness (QED) is 0.0630. The fourth-order valence-corrected chi connectivity index (χ4v) is 8.15. The summed E-state index contributed by atoms with van der Waals surface area (Å²) in [5.41, 5.74) is 7.90. The van der Waals surface area contributed by atoms with Crippen LogP contribution < -0.4 is 10.2 Å². The molecule has 0 bridgehead atoms. The van der Waals surface area contributed by atoms with Crippen LogP contribution in [0.1, 0.15) is 151 Å². The Morgan fingerprint density at radius 3 is 2.15 bits per heavy atom. The largest absolute Gasteiger partial charge is 0.405 e. The minimum Gasteiger partial charge on any atom is -0.378 e. The second-order valence-corrected chi connectivity index (χ2v) is 18.8. The van der Waals surface area contributed by atoms with E-state index in [2.05, 4.69) is 80.7 Å². The molecule has 2 aliphatic heterocycles.